The predicted molar refractivity (Wildman–Crippen MR) is 88.9 cm³/mol. The Labute approximate surface area is 144 Å². The van der Waals surface area contributed by atoms with E-state index in [1.807, 2.05) is 0 Å². The summed E-state index contributed by atoms with van der Waals surface area (Å²) in [6.07, 6.45) is 2.51. The Morgan fingerprint density at radius 2 is 2.16 bits per heavy atom. The van der Waals surface area contributed by atoms with Gasteiger partial charge >= 0.3 is 6.09 Å². The van der Waals surface area contributed by atoms with Crippen molar-refractivity contribution in [2.45, 2.75) is 37.6 Å². The van der Waals surface area contributed by atoms with Crippen molar-refractivity contribution in [3.8, 4) is 0 Å². The maximum atomic E-state index is 13.0. The van der Waals surface area contributed by atoms with E-state index in [0.29, 0.717) is 25.1 Å². The summed E-state index contributed by atoms with van der Waals surface area (Å²) < 4.78 is 23.2. The number of amides is 1. The summed E-state index contributed by atoms with van der Waals surface area (Å²) >= 11 is 0. The molecule has 1 aliphatic rings. The molecule has 7 heteroatoms. The van der Waals surface area contributed by atoms with Crippen LogP contribution in [-0.4, -0.2) is 35.8 Å². The van der Waals surface area contributed by atoms with E-state index in [2.05, 4.69) is 5.16 Å². The van der Waals surface area contributed by atoms with Crippen molar-refractivity contribution in [1.29, 1.82) is 0 Å². The Morgan fingerprint density at radius 1 is 1.40 bits per heavy atom. The normalized spacial score (nSPS) is 20.5. The number of aromatic nitrogens is 1. The van der Waals surface area contributed by atoms with Crippen molar-refractivity contribution < 1.29 is 18.4 Å². The summed E-state index contributed by atoms with van der Waals surface area (Å²) in [6, 6.07) is 7.82. The SMILES string of the molecule is COC(=O)N1CC[C@@H](c2cc(=O)[nH]o2)C[C@@H]1CCc1ccc(F)cc1. The molecule has 0 unspecified atom stereocenters. The Bertz CT molecular complexity index is 768. The van der Waals surface area contributed by atoms with Crippen molar-refractivity contribution in [2.75, 3.05) is 13.7 Å². The zero-order chi connectivity index (χ0) is 17.8. The van der Waals surface area contributed by atoms with Gasteiger partial charge in [0.25, 0.3) is 5.56 Å². The van der Waals surface area contributed by atoms with Gasteiger partial charge in [-0.2, -0.15) is 5.16 Å². The fraction of sp³-hybridized carbons (Fsp3) is 0.444. The van der Waals surface area contributed by atoms with Crippen LogP contribution in [0.3, 0.4) is 0 Å². The summed E-state index contributed by atoms with van der Waals surface area (Å²) in [4.78, 5) is 25.1. The number of likely N-dealkylation sites (tertiary alicyclic amines) is 1. The van der Waals surface area contributed by atoms with Gasteiger partial charge in [-0.1, -0.05) is 12.1 Å². The van der Waals surface area contributed by atoms with E-state index in [1.54, 1.807) is 17.0 Å². The average molecular weight is 348 g/mol. The van der Waals surface area contributed by atoms with E-state index in [1.165, 1.54) is 25.3 Å². The van der Waals surface area contributed by atoms with Gasteiger partial charge in [0.15, 0.2) is 0 Å². The maximum absolute atomic E-state index is 13.0. The standard InChI is InChI=1S/C18H21FN2O4/c1-24-18(23)21-9-8-13(16-11-17(22)20-25-16)10-15(21)7-4-12-2-5-14(19)6-3-12/h2-3,5-6,11,13,15H,4,7-10H2,1H3,(H,20,22)/t13-,15+/m1/s1. The van der Waals surface area contributed by atoms with Crippen LogP contribution in [0.25, 0.3) is 0 Å². The van der Waals surface area contributed by atoms with Crippen molar-refractivity contribution in [1.82, 2.24) is 10.1 Å². The quantitative estimate of drug-likeness (QED) is 0.921. The molecule has 1 saturated heterocycles. The molecular weight excluding hydrogens is 327 g/mol. The van der Waals surface area contributed by atoms with E-state index in [9.17, 15) is 14.0 Å². The largest absolute Gasteiger partial charge is 0.453 e. The van der Waals surface area contributed by atoms with Gasteiger partial charge < -0.3 is 14.2 Å². The first kappa shape index (κ1) is 17.3. The number of nitrogens with one attached hydrogen (secondary N) is 1. The molecule has 6 nitrogen and oxygen atoms in total. The third-order valence-corrected chi connectivity index (χ3v) is 4.75. The summed E-state index contributed by atoms with van der Waals surface area (Å²) in [6.45, 7) is 0.542. The summed E-state index contributed by atoms with van der Waals surface area (Å²) in [5.74, 6) is 0.444. The molecular formula is C18H21FN2O4. The number of methoxy groups -OCH3 is 1. The van der Waals surface area contributed by atoms with Gasteiger partial charge in [0, 0.05) is 24.6 Å². The molecule has 134 valence electrons. The molecule has 1 aromatic heterocycles. The molecule has 0 spiro atoms. The lowest BCUT2D eigenvalue weighted by Gasteiger charge is -2.38. The molecule has 0 bridgehead atoms. The van der Waals surface area contributed by atoms with Crippen molar-refractivity contribution >= 4 is 6.09 Å². The van der Waals surface area contributed by atoms with Gasteiger partial charge in [0.2, 0.25) is 0 Å². The highest BCUT2D eigenvalue weighted by Crippen LogP contribution is 2.33. The van der Waals surface area contributed by atoms with Crippen LogP contribution in [-0.2, 0) is 11.2 Å². The van der Waals surface area contributed by atoms with Gasteiger partial charge in [0.1, 0.15) is 11.6 Å². The second kappa shape index (κ2) is 7.55. The highest BCUT2D eigenvalue weighted by atomic mass is 19.1. The Balaban J connectivity index is 1.71. The number of nitrogens with zero attached hydrogens (tertiary/aromatic N) is 1. The second-order valence-electron chi connectivity index (χ2n) is 6.32. The monoisotopic (exact) mass is 348 g/mol. The van der Waals surface area contributed by atoms with Crippen molar-refractivity contribution in [2.24, 2.45) is 0 Å². The van der Waals surface area contributed by atoms with Crippen molar-refractivity contribution in [3.63, 3.8) is 0 Å². The highest BCUT2D eigenvalue weighted by molar-refractivity contribution is 5.68. The third kappa shape index (κ3) is 4.10. The minimum atomic E-state index is -0.349. The summed E-state index contributed by atoms with van der Waals surface area (Å²) in [5.41, 5.74) is 0.759. The molecule has 1 aromatic carbocycles. The molecule has 1 aliphatic heterocycles. The number of aryl methyl sites for hydroxylation is 1. The molecule has 1 N–H and O–H groups in total. The molecule has 0 saturated carbocycles. The first-order valence-electron chi connectivity index (χ1n) is 8.34. The number of piperidine rings is 1. The lowest BCUT2D eigenvalue weighted by Crippen LogP contribution is -2.45. The van der Waals surface area contributed by atoms with Crippen LogP contribution in [0.1, 0.15) is 36.5 Å². The second-order valence-corrected chi connectivity index (χ2v) is 6.32. The van der Waals surface area contributed by atoms with Crippen LogP contribution in [0.15, 0.2) is 39.6 Å². The van der Waals surface area contributed by atoms with Gasteiger partial charge in [-0.25, -0.2) is 9.18 Å². The molecule has 1 fully saturated rings. The predicted octanol–water partition coefficient (Wildman–Crippen LogP) is 3.05. The molecule has 3 rings (SSSR count). The third-order valence-electron chi connectivity index (χ3n) is 4.75. The number of hydrogen-bond donors (Lipinski definition) is 1. The number of halogens is 1. The van der Waals surface area contributed by atoms with Crippen molar-refractivity contribution in [3.05, 3.63) is 57.8 Å². The highest BCUT2D eigenvalue weighted by Gasteiger charge is 2.34. The van der Waals surface area contributed by atoms with Crippen LogP contribution < -0.4 is 5.56 Å². The van der Waals surface area contributed by atoms with E-state index < -0.39 is 0 Å². The fourth-order valence-electron chi connectivity index (χ4n) is 3.42. The number of benzene rings is 1. The molecule has 2 atom stereocenters. The van der Waals surface area contributed by atoms with E-state index in [-0.39, 0.29) is 29.4 Å². The zero-order valence-electron chi connectivity index (χ0n) is 14.0. The first-order chi connectivity index (χ1) is 12.1. The molecule has 1 amide bonds. The number of carbonyl (C=O) groups is 1. The lowest BCUT2D eigenvalue weighted by atomic mass is 9.86. The number of aromatic amines is 1. The first-order valence-corrected chi connectivity index (χ1v) is 8.34. The molecule has 25 heavy (non-hydrogen) atoms. The van der Waals surface area contributed by atoms with Gasteiger partial charge in [-0.15, -0.1) is 0 Å². The molecule has 2 aromatic rings. The average Bonchev–Trinajstić information content (AvgIpc) is 3.07. The Morgan fingerprint density at radius 3 is 2.80 bits per heavy atom. The fourth-order valence-corrected chi connectivity index (χ4v) is 3.42. The Kier molecular flexibility index (Phi) is 5.21. The minimum Gasteiger partial charge on any atom is -0.453 e. The van der Waals surface area contributed by atoms with Crippen LogP contribution >= 0.6 is 0 Å². The molecule has 0 aliphatic carbocycles. The van der Waals surface area contributed by atoms with Crippen LogP contribution in [0.2, 0.25) is 0 Å². The maximum Gasteiger partial charge on any atom is 0.409 e. The van der Waals surface area contributed by atoms with E-state index >= 15 is 0 Å². The summed E-state index contributed by atoms with van der Waals surface area (Å²) in [7, 11) is 1.37. The minimum absolute atomic E-state index is 0.0311. The van der Waals surface area contributed by atoms with Crippen LogP contribution in [0.5, 0.6) is 0 Å². The zero-order valence-corrected chi connectivity index (χ0v) is 14.0. The van der Waals surface area contributed by atoms with E-state index in [4.69, 9.17) is 9.26 Å². The topological polar surface area (TPSA) is 75.5 Å². The van der Waals surface area contributed by atoms with E-state index in [0.717, 1.165) is 18.4 Å². The van der Waals surface area contributed by atoms with Gasteiger partial charge in [0.05, 0.1) is 7.11 Å². The Hall–Kier alpha value is -2.57. The summed E-state index contributed by atoms with van der Waals surface area (Å²) in [5, 5.41) is 2.32. The van der Waals surface area contributed by atoms with Crippen LogP contribution in [0.4, 0.5) is 9.18 Å². The van der Waals surface area contributed by atoms with Gasteiger partial charge in [-0.3, -0.25) is 4.79 Å². The molecule has 2 heterocycles. The molecule has 0 radical (unpaired) electrons. The smallest absolute Gasteiger partial charge is 0.409 e. The number of H-pyrrole nitrogens is 1. The lowest BCUT2D eigenvalue weighted by molar-refractivity contribution is 0.0789. The number of ether oxygens (including phenoxy) is 1. The number of rotatable bonds is 4. The van der Waals surface area contributed by atoms with Crippen LogP contribution in [0, 0.1) is 5.82 Å². The number of carbonyl (C=O) groups excluding carboxylic acids is 1. The van der Waals surface area contributed by atoms with Gasteiger partial charge in [-0.05, 0) is 43.4 Å². The number of hydrogen-bond acceptors (Lipinski definition) is 4.